The normalized spacial score (nSPS) is 19.3. The van der Waals surface area contributed by atoms with Gasteiger partial charge in [-0.2, -0.15) is 0 Å². The van der Waals surface area contributed by atoms with Gasteiger partial charge in [0.2, 0.25) is 5.91 Å². The number of carbonyl (C=O) groups excluding carboxylic acids is 1. The van der Waals surface area contributed by atoms with Crippen LogP contribution in [0.15, 0.2) is 12.1 Å². The Morgan fingerprint density at radius 1 is 1.50 bits per heavy atom. The van der Waals surface area contributed by atoms with E-state index in [-0.39, 0.29) is 5.91 Å². The van der Waals surface area contributed by atoms with Gasteiger partial charge in [-0.25, -0.2) is 0 Å². The van der Waals surface area contributed by atoms with E-state index in [1.54, 1.807) is 0 Å². The molecular weight excluding hydrogens is 248 g/mol. The van der Waals surface area contributed by atoms with Gasteiger partial charge in [0, 0.05) is 11.7 Å². The van der Waals surface area contributed by atoms with Gasteiger partial charge in [-0.3, -0.25) is 4.79 Å². The molecule has 1 aromatic rings. The van der Waals surface area contributed by atoms with Crippen molar-refractivity contribution in [3.8, 4) is 0 Å². The third-order valence-corrected chi connectivity index (χ3v) is 4.10. The van der Waals surface area contributed by atoms with Crippen LogP contribution in [0.5, 0.6) is 0 Å². The van der Waals surface area contributed by atoms with Crippen LogP contribution in [0.25, 0.3) is 0 Å². The molecule has 96 valence electrons. The lowest BCUT2D eigenvalue weighted by Crippen LogP contribution is -2.20. The summed E-state index contributed by atoms with van der Waals surface area (Å²) >= 11 is 6.27. The molecule has 1 atom stereocenters. The molecule has 0 radical (unpaired) electrons. The molecule has 4 heteroatoms. The van der Waals surface area contributed by atoms with Gasteiger partial charge >= 0.3 is 0 Å². The molecule has 1 fully saturated rings. The molecule has 1 aliphatic heterocycles. The van der Waals surface area contributed by atoms with Crippen LogP contribution in [0, 0.1) is 5.92 Å². The number of amides is 1. The number of carbonyl (C=O) groups is 1. The zero-order valence-electron chi connectivity index (χ0n) is 10.4. The molecule has 0 bridgehead atoms. The topological polar surface area (TPSA) is 41.1 Å². The van der Waals surface area contributed by atoms with E-state index in [1.807, 2.05) is 12.1 Å². The maximum Gasteiger partial charge on any atom is 0.228 e. The Hall–Kier alpha value is -1.22. The van der Waals surface area contributed by atoms with Crippen LogP contribution in [0.2, 0.25) is 5.02 Å². The Bertz CT molecular complexity index is 497. The largest absolute Gasteiger partial charge is 0.381 e. The lowest BCUT2D eigenvalue weighted by Gasteiger charge is -2.19. The molecule has 1 aliphatic carbocycles. The van der Waals surface area contributed by atoms with Crippen molar-refractivity contribution in [2.45, 2.75) is 38.6 Å². The summed E-state index contributed by atoms with van der Waals surface area (Å²) in [5, 5.41) is 7.04. The third kappa shape index (κ3) is 2.19. The zero-order chi connectivity index (χ0) is 12.7. The second-order valence-electron chi connectivity index (χ2n) is 5.21. The van der Waals surface area contributed by atoms with Crippen LogP contribution in [0.4, 0.5) is 11.4 Å². The van der Waals surface area contributed by atoms with Crippen molar-refractivity contribution in [3.05, 3.63) is 22.7 Å². The van der Waals surface area contributed by atoms with Crippen molar-refractivity contribution in [3.63, 3.8) is 0 Å². The van der Waals surface area contributed by atoms with Gasteiger partial charge in [-0.1, -0.05) is 18.5 Å². The van der Waals surface area contributed by atoms with E-state index in [0.717, 1.165) is 29.3 Å². The van der Waals surface area contributed by atoms with Crippen molar-refractivity contribution in [2.75, 3.05) is 10.6 Å². The molecule has 2 N–H and O–H groups in total. The first kappa shape index (κ1) is 11.8. The van der Waals surface area contributed by atoms with Gasteiger partial charge in [0.05, 0.1) is 17.1 Å². The van der Waals surface area contributed by atoms with Crippen LogP contribution in [0.3, 0.4) is 0 Å². The molecule has 3 nitrogen and oxygen atoms in total. The summed E-state index contributed by atoms with van der Waals surface area (Å²) < 4.78 is 0. The van der Waals surface area contributed by atoms with Crippen LogP contribution in [-0.4, -0.2) is 11.9 Å². The molecule has 2 aliphatic rings. The summed E-state index contributed by atoms with van der Waals surface area (Å²) in [5.74, 6) is 0.839. The first-order valence-electron chi connectivity index (χ1n) is 6.56. The number of hydrogen-bond acceptors (Lipinski definition) is 2. The van der Waals surface area contributed by atoms with Crippen LogP contribution in [-0.2, 0) is 11.2 Å². The molecule has 3 rings (SSSR count). The van der Waals surface area contributed by atoms with E-state index in [0.29, 0.717) is 17.5 Å². The first-order chi connectivity index (χ1) is 8.67. The maximum atomic E-state index is 11.3. The number of halogens is 1. The third-order valence-electron chi connectivity index (χ3n) is 3.79. The zero-order valence-corrected chi connectivity index (χ0v) is 11.2. The van der Waals surface area contributed by atoms with E-state index in [1.165, 1.54) is 12.8 Å². The minimum absolute atomic E-state index is 0.0486. The average Bonchev–Trinajstić information content (AvgIpc) is 3.09. The fourth-order valence-electron chi connectivity index (χ4n) is 2.61. The number of anilines is 2. The van der Waals surface area contributed by atoms with Crippen molar-refractivity contribution < 1.29 is 4.79 Å². The SMILES string of the molecule is CCC(Nc1cc2c(cc1Cl)NC(=O)C2)C1CC1. The van der Waals surface area contributed by atoms with Gasteiger partial charge in [0.1, 0.15) is 0 Å². The molecule has 0 aromatic heterocycles. The van der Waals surface area contributed by atoms with Gasteiger partial charge in [-0.15, -0.1) is 0 Å². The van der Waals surface area contributed by atoms with Crippen LogP contribution in [0.1, 0.15) is 31.7 Å². The van der Waals surface area contributed by atoms with E-state index >= 15 is 0 Å². The highest BCUT2D eigenvalue weighted by atomic mass is 35.5. The van der Waals surface area contributed by atoms with E-state index < -0.39 is 0 Å². The summed E-state index contributed by atoms with van der Waals surface area (Å²) in [5.41, 5.74) is 2.86. The molecular formula is C14H17ClN2O. The molecule has 1 heterocycles. The molecule has 0 saturated heterocycles. The quantitative estimate of drug-likeness (QED) is 0.875. The van der Waals surface area contributed by atoms with Crippen molar-refractivity contribution in [1.82, 2.24) is 0 Å². The molecule has 1 amide bonds. The lowest BCUT2D eigenvalue weighted by molar-refractivity contribution is -0.115. The standard InChI is InChI=1S/C14H17ClN2O/c1-2-11(8-3-4-8)16-13-5-9-6-14(18)17-12(9)7-10(13)15/h5,7-8,11,16H,2-4,6H2,1H3,(H,17,18). The Balaban J connectivity index is 1.84. The predicted molar refractivity (Wildman–Crippen MR) is 74.2 cm³/mol. The Kier molecular flexibility index (Phi) is 2.94. The minimum Gasteiger partial charge on any atom is -0.381 e. The maximum absolute atomic E-state index is 11.3. The van der Waals surface area contributed by atoms with Crippen molar-refractivity contribution >= 4 is 28.9 Å². The van der Waals surface area contributed by atoms with Gasteiger partial charge in [0.25, 0.3) is 0 Å². The van der Waals surface area contributed by atoms with E-state index in [4.69, 9.17) is 11.6 Å². The summed E-state index contributed by atoms with van der Waals surface area (Å²) in [4.78, 5) is 11.3. The van der Waals surface area contributed by atoms with Crippen molar-refractivity contribution in [2.24, 2.45) is 5.92 Å². The summed E-state index contributed by atoms with van der Waals surface area (Å²) in [6, 6.07) is 4.37. The smallest absolute Gasteiger partial charge is 0.228 e. The number of rotatable bonds is 4. The van der Waals surface area contributed by atoms with Crippen LogP contribution < -0.4 is 10.6 Å². The van der Waals surface area contributed by atoms with Gasteiger partial charge in [0.15, 0.2) is 0 Å². The van der Waals surface area contributed by atoms with E-state index in [9.17, 15) is 4.79 Å². The molecule has 18 heavy (non-hydrogen) atoms. The van der Waals surface area contributed by atoms with E-state index in [2.05, 4.69) is 17.6 Å². The second-order valence-corrected chi connectivity index (χ2v) is 5.62. The number of benzene rings is 1. The molecule has 1 saturated carbocycles. The van der Waals surface area contributed by atoms with Crippen LogP contribution >= 0.6 is 11.6 Å². The highest BCUT2D eigenvalue weighted by molar-refractivity contribution is 6.33. The highest BCUT2D eigenvalue weighted by Gasteiger charge is 2.30. The summed E-state index contributed by atoms with van der Waals surface area (Å²) in [6.07, 6.45) is 4.19. The second kappa shape index (κ2) is 4.47. The minimum atomic E-state index is 0.0486. The number of fused-ring (bicyclic) bond motifs is 1. The fraction of sp³-hybridized carbons (Fsp3) is 0.500. The average molecular weight is 265 g/mol. The highest BCUT2D eigenvalue weighted by Crippen LogP contribution is 2.38. The monoisotopic (exact) mass is 264 g/mol. The Morgan fingerprint density at radius 3 is 2.94 bits per heavy atom. The Morgan fingerprint density at radius 2 is 2.28 bits per heavy atom. The first-order valence-corrected chi connectivity index (χ1v) is 6.94. The number of hydrogen-bond donors (Lipinski definition) is 2. The van der Waals surface area contributed by atoms with Gasteiger partial charge in [-0.05, 0) is 42.9 Å². The lowest BCUT2D eigenvalue weighted by atomic mass is 10.1. The predicted octanol–water partition coefficient (Wildman–Crippen LogP) is 3.44. The van der Waals surface area contributed by atoms with Gasteiger partial charge < -0.3 is 10.6 Å². The Labute approximate surface area is 112 Å². The molecule has 0 spiro atoms. The summed E-state index contributed by atoms with van der Waals surface area (Å²) in [6.45, 7) is 2.20. The summed E-state index contributed by atoms with van der Waals surface area (Å²) in [7, 11) is 0. The fourth-order valence-corrected chi connectivity index (χ4v) is 2.83. The number of nitrogens with one attached hydrogen (secondary N) is 2. The molecule has 1 unspecified atom stereocenters. The molecule has 1 aromatic carbocycles. The van der Waals surface area contributed by atoms with Crippen molar-refractivity contribution in [1.29, 1.82) is 0 Å².